The Morgan fingerprint density at radius 3 is 2.79 bits per heavy atom. The molecular weight excluding hydrogens is 286 g/mol. The third kappa shape index (κ3) is 2.72. The maximum absolute atomic E-state index is 12.0. The number of hydrogen-bond donors (Lipinski definition) is 1. The van der Waals surface area contributed by atoms with Crippen LogP contribution in [-0.4, -0.2) is 25.5 Å². The van der Waals surface area contributed by atoms with Crippen molar-refractivity contribution in [2.45, 2.75) is 6.92 Å². The molecule has 0 spiro atoms. The number of aryl methyl sites for hydroxylation is 1. The number of rotatable bonds is 3. The monoisotopic (exact) mass is 297 g/mol. The highest BCUT2D eigenvalue weighted by Crippen LogP contribution is 2.37. The number of nitrogens with one attached hydrogen (secondary N) is 1. The fourth-order valence-corrected chi connectivity index (χ4v) is 3.32. The minimum atomic E-state index is -0.498. The minimum Gasteiger partial charge on any atom is -0.468 e. The molecular formula is C13H12ClNO3S. The molecule has 6 heteroatoms. The highest BCUT2D eigenvalue weighted by molar-refractivity contribution is 7.21. The van der Waals surface area contributed by atoms with E-state index in [0.29, 0.717) is 9.90 Å². The molecule has 0 aliphatic rings. The molecule has 2 rings (SSSR count). The summed E-state index contributed by atoms with van der Waals surface area (Å²) in [7, 11) is 1.27. The van der Waals surface area contributed by atoms with E-state index in [9.17, 15) is 9.59 Å². The molecule has 0 aliphatic heterocycles. The van der Waals surface area contributed by atoms with E-state index in [1.807, 2.05) is 25.1 Å². The van der Waals surface area contributed by atoms with Gasteiger partial charge in [-0.05, 0) is 18.6 Å². The summed E-state index contributed by atoms with van der Waals surface area (Å²) in [5.74, 6) is -0.863. The van der Waals surface area contributed by atoms with E-state index in [1.54, 1.807) is 0 Å². The summed E-state index contributed by atoms with van der Waals surface area (Å²) in [4.78, 5) is 23.4. The van der Waals surface area contributed by atoms with Gasteiger partial charge in [0.1, 0.15) is 11.4 Å². The predicted octanol–water partition coefficient (Wildman–Crippen LogP) is 2.77. The first-order valence-electron chi connectivity index (χ1n) is 5.57. The SMILES string of the molecule is COC(=O)CNC(=O)c1sc2cccc(C)c2c1Cl. The van der Waals surface area contributed by atoms with E-state index in [2.05, 4.69) is 10.1 Å². The topological polar surface area (TPSA) is 55.4 Å². The molecule has 0 fully saturated rings. The van der Waals surface area contributed by atoms with Crippen LogP contribution in [0.2, 0.25) is 5.02 Å². The van der Waals surface area contributed by atoms with Crippen LogP contribution < -0.4 is 5.32 Å². The lowest BCUT2D eigenvalue weighted by molar-refractivity contribution is -0.139. The maximum atomic E-state index is 12.0. The highest BCUT2D eigenvalue weighted by Gasteiger charge is 2.18. The lowest BCUT2D eigenvalue weighted by atomic mass is 10.1. The summed E-state index contributed by atoms with van der Waals surface area (Å²) in [6.45, 7) is 1.77. The number of benzene rings is 1. The zero-order chi connectivity index (χ0) is 14.0. The van der Waals surface area contributed by atoms with Gasteiger partial charge in [0.15, 0.2) is 0 Å². The summed E-state index contributed by atoms with van der Waals surface area (Å²) >= 11 is 7.55. The van der Waals surface area contributed by atoms with E-state index in [4.69, 9.17) is 11.6 Å². The van der Waals surface area contributed by atoms with Crippen LogP contribution in [0.4, 0.5) is 0 Å². The molecule has 1 aromatic heterocycles. The van der Waals surface area contributed by atoms with E-state index >= 15 is 0 Å². The summed E-state index contributed by atoms with van der Waals surface area (Å²) in [6.07, 6.45) is 0. The molecule has 1 N–H and O–H groups in total. The number of carbonyl (C=O) groups excluding carboxylic acids is 2. The molecule has 0 radical (unpaired) electrons. The van der Waals surface area contributed by atoms with Crippen LogP contribution >= 0.6 is 22.9 Å². The van der Waals surface area contributed by atoms with Crippen molar-refractivity contribution in [3.63, 3.8) is 0 Å². The molecule has 0 aliphatic carbocycles. The Labute approximate surface area is 119 Å². The van der Waals surface area contributed by atoms with Crippen LogP contribution in [0.1, 0.15) is 15.2 Å². The Balaban J connectivity index is 2.30. The largest absolute Gasteiger partial charge is 0.468 e. The molecule has 19 heavy (non-hydrogen) atoms. The van der Waals surface area contributed by atoms with Gasteiger partial charge < -0.3 is 10.1 Å². The van der Waals surface area contributed by atoms with E-state index in [1.165, 1.54) is 18.4 Å². The van der Waals surface area contributed by atoms with E-state index < -0.39 is 5.97 Å². The van der Waals surface area contributed by atoms with Crippen LogP contribution in [0.5, 0.6) is 0 Å². The molecule has 2 aromatic rings. The molecule has 0 bridgehead atoms. The average molecular weight is 298 g/mol. The van der Waals surface area contributed by atoms with Crippen molar-refractivity contribution in [1.82, 2.24) is 5.32 Å². The molecule has 0 saturated heterocycles. The van der Waals surface area contributed by atoms with Crippen molar-refractivity contribution in [3.8, 4) is 0 Å². The van der Waals surface area contributed by atoms with Gasteiger partial charge in [-0.15, -0.1) is 11.3 Å². The van der Waals surface area contributed by atoms with E-state index in [-0.39, 0.29) is 12.5 Å². The molecule has 100 valence electrons. The molecule has 4 nitrogen and oxygen atoms in total. The number of fused-ring (bicyclic) bond motifs is 1. The first kappa shape index (κ1) is 13.8. The molecule has 1 aromatic carbocycles. The van der Waals surface area contributed by atoms with Gasteiger partial charge in [-0.3, -0.25) is 9.59 Å². The predicted molar refractivity (Wildman–Crippen MR) is 75.9 cm³/mol. The standard InChI is InChI=1S/C13H12ClNO3S/c1-7-4-3-5-8-10(7)11(14)12(19-8)13(17)15-6-9(16)18-2/h3-5H,6H2,1-2H3,(H,15,17). The summed E-state index contributed by atoms with van der Waals surface area (Å²) in [6, 6.07) is 5.77. The summed E-state index contributed by atoms with van der Waals surface area (Å²) in [5, 5.41) is 3.80. The lowest BCUT2D eigenvalue weighted by Crippen LogP contribution is -2.29. The minimum absolute atomic E-state index is 0.168. The van der Waals surface area contributed by atoms with Gasteiger partial charge in [-0.25, -0.2) is 0 Å². The van der Waals surface area contributed by atoms with Gasteiger partial charge in [-0.2, -0.15) is 0 Å². The second-order valence-electron chi connectivity index (χ2n) is 3.95. The van der Waals surface area contributed by atoms with Gasteiger partial charge >= 0.3 is 5.97 Å². The van der Waals surface area contributed by atoms with Crippen LogP contribution in [0.15, 0.2) is 18.2 Å². The Morgan fingerprint density at radius 1 is 1.42 bits per heavy atom. The fourth-order valence-electron chi connectivity index (χ4n) is 1.73. The first-order valence-corrected chi connectivity index (χ1v) is 6.76. The number of amides is 1. The van der Waals surface area contributed by atoms with Crippen molar-refractivity contribution in [2.24, 2.45) is 0 Å². The zero-order valence-electron chi connectivity index (χ0n) is 10.5. The van der Waals surface area contributed by atoms with Crippen molar-refractivity contribution in [1.29, 1.82) is 0 Å². The number of hydrogen-bond acceptors (Lipinski definition) is 4. The normalized spacial score (nSPS) is 10.5. The lowest BCUT2D eigenvalue weighted by Gasteiger charge is -2.02. The van der Waals surface area contributed by atoms with Crippen LogP contribution in [0.25, 0.3) is 10.1 Å². The first-order chi connectivity index (χ1) is 9.04. The number of methoxy groups -OCH3 is 1. The zero-order valence-corrected chi connectivity index (χ0v) is 12.0. The second kappa shape index (κ2) is 5.59. The van der Waals surface area contributed by atoms with Gasteiger partial charge in [0.25, 0.3) is 5.91 Å². The third-order valence-corrected chi connectivity index (χ3v) is 4.34. The molecule has 0 saturated carbocycles. The smallest absolute Gasteiger partial charge is 0.325 e. The summed E-state index contributed by atoms with van der Waals surface area (Å²) in [5.41, 5.74) is 1.02. The van der Waals surface area contributed by atoms with Gasteiger partial charge in [0, 0.05) is 10.1 Å². The van der Waals surface area contributed by atoms with E-state index in [0.717, 1.165) is 15.6 Å². The third-order valence-electron chi connectivity index (χ3n) is 2.69. The number of carbonyl (C=O) groups is 2. The van der Waals surface area contributed by atoms with Crippen molar-refractivity contribution in [2.75, 3.05) is 13.7 Å². The second-order valence-corrected chi connectivity index (χ2v) is 5.38. The Kier molecular flexibility index (Phi) is 4.07. The molecule has 1 heterocycles. The number of thiophene rings is 1. The Bertz CT molecular complexity index is 651. The molecule has 1 amide bonds. The van der Waals surface area contributed by atoms with Gasteiger partial charge in [0.2, 0.25) is 0 Å². The van der Waals surface area contributed by atoms with Gasteiger partial charge in [-0.1, -0.05) is 23.7 Å². The maximum Gasteiger partial charge on any atom is 0.325 e. The van der Waals surface area contributed by atoms with Gasteiger partial charge in [0.05, 0.1) is 12.1 Å². The van der Waals surface area contributed by atoms with Crippen molar-refractivity contribution in [3.05, 3.63) is 33.7 Å². The molecule has 0 atom stereocenters. The summed E-state index contributed by atoms with van der Waals surface area (Å²) < 4.78 is 5.41. The Morgan fingerprint density at radius 2 is 2.16 bits per heavy atom. The number of halogens is 1. The van der Waals surface area contributed by atoms with Crippen LogP contribution in [0, 0.1) is 6.92 Å². The number of esters is 1. The number of ether oxygens (including phenoxy) is 1. The average Bonchev–Trinajstić information content (AvgIpc) is 2.74. The van der Waals surface area contributed by atoms with Crippen LogP contribution in [-0.2, 0) is 9.53 Å². The highest BCUT2D eigenvalue weighted by atomic mass is 35.5. The Hall–Kier alpha value is -1.59. The van der Waals surface area contributed by atoms with Crippen molar-refractivity contribution < 1.29 is 14.3 Å². The quantitative estimate of drug-likeness (QED) is 0.886. The van der Waals surface area contributed by atoms with Crippen molar-refractivity contribution >= 4 is 44.9 Å². The molecule has 0 unspecified atom stereocenters. The van der Waals surface area contributed by atoms with Crippen LogP contribution in [0.3, 0.4) is 0 Å². The fraction of sp³-hybridized carbons (Fsp3) is 0.231.